The summed E-state index contributed by atoms with van der Waals surface area (Å²) in [4.78, 5) is 143. The van der Waals surface area contributed by atoms with E-state index in [0.717, 1.165) is 64.2 Å². The van der Waals surface area contributed by atoms with Gasteiger partial charge in [-0.25, -0.2) is 0 Å². The van der Waals surface area contributed by atoms with Crippen molar-refractivity contribution in [3.63, 3.8) is 0 Å². The first-order valence-corrected chi connectivity index (χ1v) is 32.1. The molecule has 498 valence electrons. The molecule has 0 saturated heterocycles. The Labute approximate surface area is 516 Å². The number of rotatable bonds is 42. The topological polar surface area (TPSA) is 468 Å². The summed E-state index contributed by atoms with van der Waals surface area (Å²) in [6.07, 6.45) is 11.6. The fourth-order valence-corrected chi connectivity index (χ4v) is 11.2. The first-order valence-electron chi connectivity index (χ1n) is 32.1. The molecule has 0 heterocycles. The maximum Gasteiger partial charge on any atom is 0.245 e. The van der Waals surface area contributed by atoms with Gasteiger partial charge in [0.1, 0.15) is 54.4 Å². The summed E-state index contributed by atoms with van der Waals surface area (Å²) < 4.78 is 0. The third-order valence-electron chi connectivity index (χ3n) is 16.4. The van der Waals surface area contributed by atoms with Gasteiger partial charge in [-0.05, 0) is 127 Å². The number of nitrogens with two attached hydrogens (primary N) is 6. The average molecular weight is 1230 g/mol. The van der Waals surface area contributed by atoms with Crippen molar-refractivity contribution in [3.05, 3.63) is 0 Å². The second-order valence-corrected chi connectivity index (χ2v) is 24.9. The predicted molar refractivity (Wildman–Crippen MR) is 334 cm³/mol. The quantitative estimate of drug-likeness (QED) is 0.0209. The summed E-state index contributed by atoms with van der Waals surface area (Å²) in [7, 11) is 0. The number of primary amides is 1. The van der Waals surface area contributed by atoms with Crippen molar-refractivity contribution in [1.82, 2.24) is 47.9 Å². The minimum atomic E-state index is -1.63. The van der Waals surface area contributed by atoms with Crippen LogP contribution in [0.1, 0.15) is 196 Å². The third-order valence-corrected chi connectivity index (χ3v) is 16.4. The summed E-state index contributed by atoms with van der Waals surface area (Å²) in [5.74, 6) is -7.81. The number of amides is 10. The van der Waals surface area contributed by atoms with E-state index in [1.165, 1.54) is 6.92 Å². The number of nitrogens with zero attached hydrogens (tertiary/aromatic N) is 1. The van der Waals surface area contributed by atoms with Crippen molar-refractivity contribution in [3.8, 4) is 0 Å². The van der Waals surface area contributed by atoms with Crippen molar-refractivity contribution >= 4 is 65.0 Å². The lowest BCUT2D eigenvalue weighted by atomic mass is 9.84. The lowest BCUT2D eigenvalue weighted by Crippen LogP contribution is -2.62. The van der Waals surface area contributed by atoms with Gasteiger partial charge >= 0.3 is 0 Å². The number of nitrogens with one attached hydrogen (secondary N) is 9. The standard InChI is InChI=1S/C60H112N16O11/c1-8-37(6)49(58(86)71-42(25-16-18-28-62)54(82)76-50(38(7)77)59(87)74-46(31-36(4)5)56(84)72-44(51(64)79)32-39-20-11-9-12-21-39)75-53(81)43(26-19-29-67-60(65)66)69-52(80)41(24-15-17-27-61)70-55(83)45(30-35(2)3)73-57(85)47(68-48(78)34-63)33-40-22-13-10-14-23-40/h35-47,49-50,77H,8-34,61-63H2,1-7H3,(H2,64,79)(H,68,78)(H,69,80)(H,70,83)(H,71,86)(H,72,84)(H,73,85)(H,74,87)(H,75,81)(H,76,82)(H4,65,66,67)/t37-,38+,41-,42-,43-,44-,45-,46-,47-,49-,50-/m0/s1. The molecule has 2 rings (SSSR count). The van der Waals surface area contributed by atoms with Gasteiger partial charge in [0.25, 0.3) is 0 Å². The normalized spacial score (nSPS) is 17.7. The van der Waals surface area contributed by atoms with Gasteiger partial charge in [-0.15, -0.1) is 0 Å². The monoisotopic (exact) mass is 1230 g/mol. The number of hydrogen-bond donors (Lipinski definition) is 16. The van der Waals surface area contributed by atoms with Gasteiger partial charge < -0.3 is 87.4 Å². The Hall–Kier alpha value is -6.19. The molecule has 27 nitrogen and oxygen atoms in total. The van der Waals surface area contributed by atoms with Crippen LogP contribution < -0.4 is 82.3 Å². The van der Waals surface area contributed by atoms with Crippen LogP contribution in [0.4, 0.5) is 0 Å². The van der Waals surface area contributed by atoms with Crippen LogP contribution in [0.2, 0.25) is 0 Å². The minimum Gasteiger partial charge on any atom is -0.391 e. The van der Waals surface area contributed by atoms with Gasteiger partial charge in [0, 0.05) is 6.54 Å². The largest absolute Gasteiger partial charge is 0.391 e. The maximum absolute atomic E-state index is 14.6. The number of hydrogen-bond acceptors (Lipinski definition) is 15. The molecule has 22 N–H and O–H groups in total. The van der Waals surface area contributed by atoms with Crippen LogP contribution in [0.3, 0.4) is 0 Å². The number of aliphatic hydroxyl groups is 1. The third kappa shape index (κ3) is 30.0. The van der Waals surface area contributed by atoms with E-state index in [9.17, 15) is 53.1 Å². The molecule has 0 aromatic heterocycles. The van der Waals surface area contributed by atoms with Crippen molar-refractivity contribution < 1.29 is 53.1 Å². The molecule has 0 spiro atoms. The summed E-state index contributed by atoms with van der Waals surface area (Å²) in [5.41, 5.74) is 34.2. The Morgan fingerprint density at radius 2 is 0.816 bits per heavy atom. The van der Waals surface area contributed by atoms with E-state index >= 15 is 0 Å². The maximum atomic E-state index is 14.6. The molecule has 0 aliphatic heterocycles. The van der Waals surface area contributed by atoms with E-state index in [1.807, 2.05) is 27.7 Å². The Morgan fingerprint density at radius 1 is 0.448 bits per heavy atom. The zero-order valence-corrected chi connectivity index (χ0v) is 53.2. The molecule has 2 aliphatic carbocycles. The fourth-order valence-electron chi connectivity index (χ4n) is 11.2. The lowest BCUT2D eigenvalue weighted by molar-refractivity contribution is -0.137. The van der Waals surface area contributed by atoms with E-state index in [1.54, 1.807) is 13.8 Å². The van der Waals surface area contributed by atoms with Crippen LogP contribution in [-0.2, 0) is 47.9 Å². The van der Waals surface area contributed by atoms with Gasteiger partial charge in [-0.1, -0.05) is 112 Å². The summed E-state index contributed by atoms with van der Waals surface area (Å²) in [6.45, 7) is 12.5. The van der Waals surface area contributed by atoms with Crippen molar-refractivity contribution in [2.75, 3.05) is 26.2 Å². The second-order valence-electron chi connectivity index (χ2n) is 24.9. The molecule has 0 aromatic carbocycles. The molecule has 2 fully saturated rings. The van der Waals surface area contributed by atoms with Gasteiger partial charge in [0.15, 0.2) is 5.96 Å². The smallest absolute Gasteiger partial charge is 0.245 e. The number of carbonyl (C=O) groups is 10. The van der Waals surface area contributed by atoms with Crippen LogP contribution in [-0.4, -0.2) is 157 Å². The first-order chi connectivity index (χ1) is 41.2. The van der Waals surface area contributed by atoms with Gasteiger partial charge in [0.05, 0.1) is 12.6 Å². The van der Waals surface area contributed by atoms with E-state index in [2.05, 4.69) is 52.8 Å². The number of guanidine groups is 1. The average Bonchev–Trinajstić information content (AvgIpc) is 3.09. The SMILES string of the molecule is CC[C@H](C)[C@H](NC(=O)[C@H](CCCN=C(N)N)NC(=O)[C@H](CCCCN)NC(=O)[C@H](CC(C)C)NC(=O)[C@H](CC1CCCCC1)NC(=O)CN)C(=O)N[C@@H](CCCCN)C(=O)N[C@H](C(=O)N[C@@H](CC(C)C)C(=O)N[C@@H](CC1CCCCC1)C(N)=O)[C@@H](C)O. The molecule has 0 unspecified atom stereocenters. The van der Waals surface area contributed by atoms with Crippen molar-refractivity contribution in [2.24, 2.45) is 69.0 Å². The number of aliphatic imine (C=N–C) groups is 1. The first kappa shape index (κ1) is 76.9. The Kier molecular flexibility index (Phi) is 37.0. The highest BCUT2D eigenvalue weighted by Crippen LogP contribution is 2.29. The molecule has 0 bridgehead atoms. The molecule has 2 aliphatic rings. The lowest BCUT2D eigenvalue weighted by Gasteiger charge is -2.31. The molecular formula is C60H112N16O11. The zero-order valence-electron chi connectivity index (χ0n) is 53.2. The Balaban J connectivity index is 2.46. The van der Waals surface area contributed by atoms with Crippen molar-refractivity contribution in [1.29, 1.82) is 0 Å². The summed E-state index contributed by atoms with van der Waals surface area (Å²) in [6, 6.07) is -11.1. The van der Waals surface area contributed by atoms with Crippen LogP contribution in [0.15, 0.2) is 4.99 Å². The molecule has 11 atom stereocenters. The highest BCUT2D eigenvalue weighted by molar-refractivity contribution is 5.98. The van der Waals surface area contributed by atoms with Gasteiger partial charge in [-0.3, -0.25) is 52.9 Å². The summed E-state index contributed by atoms with van der Waals surface area (Å²) in [5, 5.41) is 35.6. The van der Waals surface area contributed by atoms with E-state index < -0.39 is 125 Å². The summed E-state index contributed by atoms with van der Waals surface area (Å²) >= 11 is 0. The predicted octanol–water partition coefficient (Wildman–Crippen LogP) is -0.435. The zero-order chi connectivity index (χ0) is 65.2. The molecule has 27 heteroatoms. The minimum absolute atomic E-state index is 0.0202. The molecule has 0 radical (unpaired) electrons. The van der Waals surface area contributed by atoms with Crippen LogP contribution >= 0.6 is 0 Å². The van der Waals surface area contributed by atoms with E-state index in [4.69, 9.17) is 34.4 Å². The number of carbonyl (C=O) groups excluding carboxylic acids is 10. The van der Waals surface area contributed by atoms with Gasteiger partial charge in [0.2, 0.25) is 59.1 Å². The number of unbranched alkanes of at least 4 members (excludes halogenated alkanes) is 2. The Morgan fingerprint density at radius 3 is 1.23 bits per heavy atom. The molecule has 2 saturated carbocycles. The molecular weight excluding hydrogens is 1120 g/mol. The van der Waals surface area contributed by atoms with E-state index in [0.29, 0.717) is 44.9 Å². The van der Waals surface area contributed by atoms with Crippen molar-refractivity contribution in [2.45, 2.75) is 257 Å². The van der Waals surface area contributed by atoms with E-state index in [-0.39, 0.29) is 94.3 Å². The highest BCUT2D eigenvalue weighted by Gasteiger charge is 2.38. The molecule has 87 heavy (non-hydrogen) atoms. The second kappa shape index (κ2) is 41.9. The highest BCUT2D eigenvalue weighted by atomic mass is 16.3. The fraction of sp³-hybridized carbons (Fsp3) is 0.817. The van der Waals surface area contributed by atoms with Crippen LogP contribution in [0.25, 0.3) is 0 Å². The van der Waals surface area contributed by atoms with Crippen LogP contribution in [0.5, 0.6) is 0 Å². The number of aliphatic hydroxyl groups excluding tert-OH is 1. The molecule has 10 amide bonds. The Bertz CT molecular complexity index is 2190. The van der Waals surface area contributed by atoms with Gasteiger partial charge in [-0.2, -0.15) is 0 Å². The van der Waals surface area contributed by atoms with Crippen LogP contribution in [0, 0.1) is 29.6 Å². The molecule has 0 aromatic rings.